The van der Waals surface area contributed by atoms with Gasteiger partial charge in [-0.2, -0.15) is 0 Å². The molecule has 0 aromatic heterocycles. The van der Waals surface area contributed by atoms with Gasteiger partial charge in [0.1, 0.15) is 0 Å². The van der Waals surface area contributed by atoms with Gasteiger partial charge in [0.05, 0.1) is 6.61 Å². The highest BCUT2D eigenvalue weighted by atomic mass is 16.3. The molecule has 0 bridgehead atoms. The Balaban J connectivity index is 3.09. The van der Waals surface area contributed by atoms with Gasteiger partial charge in [-0.1, -0.05) is 24.3 Å². The second kappa shape index (κ2) is 9.40. The van der Waals surface area contributed by atoms with E-state index in [-0.39, 0.29) is 13.2 Å². The number of allylic oxidation sites excluding steroid dienone is 3. The highest BCUT2D eigenvalue weighted by Gasteiger charge is 1.80. The first kappa shape index (κ1) is 10.4. The smallest absolute Gasteiger partial charge is 0.0615 e. The summed E-state index contributed by atoms with van der Waals surface area (Å²) in [4.78, 5) is 0. The van der Waals surface area contributed by atoms with Crippen molar-refractivity contribution >= 4 is 0 Å². The summed E-state index contributed by atoms with van der Waals surface area (Å²) in [7, 11) is 0. The molecule has 2 N–H and O–H groups in total. The average Bonchev–Trinajstić information content (AvgIpc) is 2.03. The van der Waals surface area contributed by atoms with Crippen molar-refractivity contribution < 1.29 is 10.2 Å². The van der Waals surface area contributed by atoms with E-state index in [2.05, 4.69) is 0 Å². The monoisotopic (exact) mass is 156 g/mol. The summed E-state index contributed by atoms with van der Waals surface area (Å²) in [5, 5.41) is 16.8. The van der Waals surface area contributed by atoms with Crippen LogP contribution in [-0.2, 0) is 0 Å². The molecule has 2 nitrogen and oxygen atoms in total. The number of hydrogen-bond acceptors (Lipinski definition) is 2. The lowest BCUT2D eigenvalue weighted by Gasteiger charge is -1.89. The zero-order valence-corrected chi connectivity index (χ0v) is 6.74. The molecule has 0 unspecified atom stereocenters. The molecule has 0 spiro atoms. The van der Waals surface area contributed by atoms with Crippen molar-refractivity contribution in [3.8, 4) is 0 Å². The number of hydrogen-bond donors (Lipinski definition) is 2. The molecule has 0 aliphatic heterocycles. The Morgan fingerprint density at radius 3 is 2.27 bits per heavy atom. The molecule has 0 atom stereocenters. The van der Waals surface area contributed by atoms with Crippen molar-refractivity contribution in [2.24, 2.45) is 0 Å². The minimum atomic E-state index is 0.0982. The molecule has 0 aliphatic carbocycles. The SMILES string of the molecule is OC/C=C/C=C/CCCCO. The minimum Gasteiger partial charge on any atom is -0.396 e. The third kappa shape index (κ3) is 9.40. The van der Waals surface area contributed by atoms with E-state index >= 15 is 0 Å². The van der Waals surface area contributed by atoms with E-state index in [0.717, 1.165) is 19.3 Å². The topological polar surface area (TPSA) is 40.5 Å². The first-order valence-corrected chi connectivity index (χ1v) is 3.95. The molecule has 0 saturated carbocycles. The quantitative estimate of drug-likeness (QED) is 0.449. The molecular weight excluding hydrogens is 140 g/mol. The van der Waals surface area contributed by atoms with Crippen LogP contribution in [0.1, 0.15) is 19.3 Å². The number of unbranched alkanes of at least 4 members (excludes halogenated alkanes) is 2. The molecule has 0 amide bonds. The molecule has 0 fully saturated rings. The molecule has 0 aliphatic rings. The molecule has 0 aromatic carbocycles. The van der Waals surface area contributed by atoms with Gasteiger partial charge < -0.3 is 10.2 Å². The van der Waals surface area contributed by atoms with Gasteiger partial charge in [0, 0.05) is 6.61 Å². The molecule has 0 aromatic rings. The van der Waals surface area contributed by atoms with Gasteiger partial charge in [0.2, 0.25) is 0 Å². The van der Waals surface area contributed by atoms with Gasteiger partial charge in [0.15, 0.2) is 0 Å². The Morgan fingerprint density at radius 2 is 1.64 bits per heavy atom. The van der Waals surface area contributed by atoms with Gasteiger partial charge in [-0.25, -0.2) is 0 Å². The highest BCUT2D eigenvalue weighted by molar-refractivity contribution is 5.02. The maximum Gasteiger partial charge on any atom is 0.0615 e. The molecule has 0 radical (unpaired) electrons. The normalized spacial score (nSPS) is 11.8. The Hall–Kier alpha value is -0.600. The van der Waals surface area contributed by atoms with E-state index in [1.165, 1.54) is 0 Å². The van der Waals surface area contributed by atoms with E-state index in [1.54, 1.807) is 6.08 Å². The summed E-state index contributed by atoms with van der Waals surface area (Å²) in [5.74, 6) is 0. The fourth-order valence-electron chi connectivity index (χ4n) is 0.688. The molecule has 0 saturated heterocycles. The standard InChI is InChI=1S/C9H16O2/c10-8-6-4-2-1-3-5-7-9-11/h1-2,4,6,10-11H,3,5,7-9H2/b2-1+,6-4+. The molecular formula is C9H16O2. The molecule has 64 valence electrons. The lowest BCUT2D eigenvalue weighted by Crippen LogP contribution is -1.79. The van der Waals surface area contributed by atoms with Crippen LogP contribution >= 0.6 is 0 Å². The van der Waals surface area contributed by atoms with Crippen LogP contribution in [0.2, 0.25) is 0 Å². The Kier molecular flexibility index (Phi) is 8.89. The van der Waals surface area contributed by atoms with E-state index < -0.39 is 0 Å². The second-order valence-corrected chi connectivity index (χ2v) is 2.26. The maximum atomic E-state index is 8.44. The van der Waals surface area contributed by atoms with E-state index in [1.807, 2.05) is 18.2 Å². The third-order valence-electron chi connectivity index (χ3n) is 1.27. The lowest BCUT2D eigenvalue weighted by atomic mass is 10.2. The molecule has 2 heteroatoms. The fraction of sp³-hybridized carbons (Fsp3) is 0.556. The zero-order valence-electron chi connectivity index (χ0n) is 6.74. The summed E-state index contributed by atoms with van der Waals surface area (Å²) >= 11 is 0. The van der Waals surface area contributed by atoms with E-state index in [4.69, 9.17) is 10.2 Å². The van der Waals surface area contributed by atoms with E-state index in [0.29, 0.717) is 0 Å². The largest absolute Gasteiger partial charge is 0.396 e. The Morgan fingerprint density at radius 1 is 0.909 bits per heavy atom. The van der Waals surface area contributed by atoms with Crippen LogP contribution in [0.25, 0.3) is 0 Å². The highest BCUT2D eigenvalue weighted by Crippen LogP contribution is 1.95. The van der Waals surface area contributed by atoms with E-state index in [9.17, 15) is 0 Å². The number of aliphatic hydroxyl groups excluding tert-OH is 2. The van der Waals surface area contributed by atoms with Crippen LogP contribution in [-0.4, -0.2) is 23.4 Å². The molecule has 11 heavy (non-hydrogen) atoms. The van der Waals surface area contributed by atoms with Gasteiger partial charge >= 0.3 is 0 Å². The van der Waals surface area contributed by atoms with Gasteiger partial charge in [-0.05, 0) is 19.3 Å². The predicted octanol–water partition coefficient (Wildman–Crippen LogP) is 1.25. The summed E-state index contributed by atoms with van der Waals surface area (Å²) in [6.07, 6.45) is 10.3. The first-order chi connectivity index (χ1) is 5.41. The summed E-state index contributed by atoms with van der Waals surface area (Å²) in [5.41, 5.74) is 0. The third-order valence-corrected chi connectivity index (χ3v) is 1.27. The summed E-state index contributed by atoms with van der Waals surface area (Å²) in [6.45, 7) is 0.376. The molecule has 0 rings (SSSR count). The van der Waals surface area contributed by atoms with Gasteiger partial charge in [0.25, 0.3) is 0 Å². The number of rotatable bonds is 6. The van der Waals surface area contributed by atoms with Gasteiger partial charge in [-0.15, -0.1) is 0 Å². The zero-order chi connectivity index (χ0) is 8.36. The molecule has 0 heterocycles. The van der Waals surface area contributed by atoms with Crippen LogP contribution in [0, 0.1) is 0 Å². The number of aliphatic hydroxyl groups is 2. The average molecular weight is 156 g/mol. The van der Waals surface area contributed by atoms with Crippen LogP contribution in [0.4, 0.5) is 0 Å². The van der Waals surface area contributed by atoms with Crippen LogP contribution in [0.3, 0.4) is 0 Å². The summed E-state index contributed by atoms with van der Waals surface area (Å²) < 4.78 is 0. The van der Waals surface area contributed by atoms with Crippen LogP contribution in [0.5, 0.6) is 0 Å². The fourth-order valence-corrected chi connectivity index (χ4v) is 0.688. The van der Waals surface area contributed by atoms with Crippen LogP contribution in [0.15, 0.2) is 24.3 Å². The van der Waals surface area contributed by atoms with Gasteiger partial charge in [-0.3, -0.25) is 0 Å². The second-order valence-electron chi connectivity index (χ2n) is 2.26. The lowest BCUT2D eigenvalue weighted by molar-refractivity contribution is 0.285. The Bertz CT molecular complexity index is 117. The first-order valence-electron chi connectivity index (χ1n) is 3.95. The Labute approximate surface area is 67.9 Å². The van der Waals surface area contributed by atoms with Crippen molar-refractivity contribution in [1.82, 2.24) is 0 Å². The maximum absolute atomic E-state index is 8.44. The van der Waals surface area contributed by atoms with Crippen molar-refractivity contribution in [3.05, 3.63) is 24.3 Å². The van der Waals surface area contributed by atoms with Crippen molar-refractivity contribution in [3.63, 3.8) is 0 Å². The van der Waals surface area contributed by atoms with Crippen LogP contribution < -0.4 is 0 Å². The van der Waals surface area contributed by atoms with Crippen molar-refractivity contribution in [2.45, 2.75) is 19.3 Å². The summed E-state index contributed by atoms with van der Waals surface area (Å²) in [6, 6.07) is 0. The predicted molar refractivity (Wildman–Crippen MR) is 46.3 cm³/mol. The van der Waals surface area contributed by atoms with Crippen molar-refractivity contribution in [2.75, 3.05) is 13.2 Å². The minimum absolute atomic E-state index is 0.0982. The van der Waals surface area contributed by atoms with Crippen molar-refractivity contribution in [1.29, 1.82) is 0 Å².